The molecule has 35 heavy (non-hydrogen) atoms. The average molecular weight is 471 g/mol. The van der Waals surface area contributed by atoms with Gasteiger partial charge in [-0.1, -0.05) is 23.4 Å². The number of aromatic nitrogens is 6. The van der Waals surface area contributed by atoms with Gasteiger partial charge in [-0.2, -0.15) is 4.52 Å². The Morgan fingerprint density at radius 2 is 2.00 bits per heavy atom. The first kappa shape index (κ1) is 21.2. The molecule has 6 rings (SSSR count). The number of pyridine rings is 1. The van der Waals surface area contributed by atoms with Gasteiger partial charge in [-0.3, -0.25) is 9.78 Å². The van der Waals surface area contributed by atoms with Crippen LogP contribution in [0.4, 0.5) is 0 Å². The van der Waals surface area contributed by atoms with Crippen LogP contribution in [0.5, 0.6) is 5.88 Å². The highest BCUT2D eigenvalue weighted by atomic mass is 16.5. The summed E-state index contributed by atoms with van der Waals surface area (Å²) in [7, 11) is 1.58. The fourth-order valence-corrected chi connectivity index (χ4v) is 3.73. The summed E-state index contributed by atoms with van der Waals surface area (Å²) in [6.07, 6.45) is 3.64. The van der Waals surface area contributed by atoms with Gasteiger partial charge in [-0.25, -0.2) is 0 Å². The molecule has 1 amide bonds. The fourth-order valence-electron chi connectivity index (χ4n) is 3.73. The molecular weight excluding hydrogens is 450 g/mol. The van der Waals surface area contributed by atoms with E-state index in [0.717, 1.165) is 23.6 Å². The summed E-state index contributed by atoms with van der Waals surface area (Å²) in [5.74, 6) is 1.28. The molecule has 0 atom stereocenters. The van der Waals surface area contributed by atoms with Gasteiger partial charge < -0.3 is 19.3 Å². The number of amides is 1. The largest absolute Gasteiger partial charge is 0.470 e. The number of hydrogen-bond acceptors (Lipinski definition) is 9. The topological polar surface area (TPSA) is 130 Å². The first-order chi connectivity index (χ1) is 17.2. The molecule has 1 saturated carbocycles. The first-order valence-corrected chi connectivity index (χ1v) is 11.2. The number of rotatable bonds is 8. The molecular formula is C24H21N7O4. The van der Waals surface area contributed by atoms with Gasteiger partial charge in [0.25, 0.3) is 5.91 Å². The highest BCUT2D eigenvalue weighted by Gasteiger charge is 2.24. The average Bonchev–Trinajstić information content (AvgIpc) is 3.40. The molecule has 0 aliphatic heterocycles. The second kappa shape index (κ2) is 8.76. The number of nitrogens with zero attached hydrogens (tertiary/aromatic N) is 6. The normalized spacial score (nSPS) is 13.4. The number of hydrogen-bond donors (Lipinski definition) is 1. The van der Waals surface area contributed by atoms with Gasteiger partial charge in [0.05, 0.1) is 11.3 Å². The van der Waals surface area contributed by atoms with Crippen molar-refractivity contribution in [3.8, 4) is 17.4 Å². The molecule has 1 N–H and O–H groups in total. The third-order valence-corrected chi connectivity index (χ3v) is 5.66. The van der Waals surface area contributed by atoms with E-state index in [0.29, 0.717) is 52.7 Å². The predicted molar refractivity (Wildman–Crippen MR) is 124 cm³/mol. The summed E-state index contributed by atoms with van der Waals surface area (Å²) in [6, 6.07) is 13.2. The van der Waals surface area contributed by atoms with Crippen molar-refractivity contribution in [2.75, 3.05) is 7.11 Å². The zero-order valence-electron chi connectivity index (χ0n) is 18.8. The maximum absolute atomic E-state index is 12.2. The summed E-state index contributed by atoms with van der Waals surface area (Å²) in [6.45, 7) is 0.467. The maximum Gasteiger partial charge on any atom is 0.253 e. The predicted octanol–water partition coefficient (Wildman–Crippen LogP) is 2.95. The van der Waals surface area contributed by atoms with Crippen molar-refractivity contribution < 1.29 is 18.8 Å². The molecule has 176 valence electrons. The van der Waals surface area contributed by atoms with E-state index in [2.05, 4.69) is 30.8 Å². The van der Waals surface area contributed by atoms with Gasteiger partial charge in [0.15, 0.2) is 17.1 Å². The van der Waals surface area contributed by atoms with E-state index < -0.39 is 0 Å². The zero-order chi connectivity index (χ0) is 23.8. The molecule has 5 aromatic rings. The number of benzene rings is 1. The second-order valence-corrected chi connectivity index (χ2v) is 8.30. The van der Waals surface area contributed by atoms with Crippen LogP contribution in [0.25, 0.3) is 27.9 Å². The molecule has 1 aliphatic carbocycles. The molecule has 0 bridgehead atoms. The Morgan fingerprint density at radius 3 is 2.77 bits per heavy atom. The van der Waals surface area contributed by atoms with Crippen LogP contribution in [-0.2, 0) is 18.0 Å². The number of fused-ring (bicyclic) bond motifs is 3. The van der Waals surface area contributed by atoms with Crippen molar-refractivity contribution in [2.24, 2.45) is 0 Å². The van der Waals surface area contributed by atoms with Gasteiger partial charge >= 0.3 is 0 Å². The number of carbonyl (C=O) groups excluding carboxylic acids is 1. The Labute approximate surface area is 199 Å². The van der Waals surface area contributed by atoms with E-state index in [1.165, 1.54) is 0 Å². The molecule has 0 radical (unpaired) electrons. The molecule has 1 fully saturated rings. The highest BCUT2D eigenvalue weighted by Crippen LogP contribution is 2.29. The third kappa shape index (κ3) is 4.17. The lowest BCUT2D eigenvalue weighted by Gasteiger charge is -2.10. The first-order valence-electron chi connectivity index (χ1n) is 11.2. The molecule has 1 aliphatic rings. The molecule has 0 spiro atoms. The molecule has 11 heteroatoms. The minimum atomic E-state index is -0.104. The van der Waals surface area contributed by atoms with E-state index in [1.54, 1.807) is 36.0 Å². The van der Waals surface area contributed by atoms with Crippen LogP contribution in [0, 0.1) is 0 Å². The van der Waals surface area contributed by atoms with Crippen LogP contribution in [0.1, 0.15) is 34.7 Å². The third-order valence-electron chi connectivity index (χ3n) is 5.66. The summed E-state index contributed by atoms with van der Waals surface area (Å²) in [5, 5.41) is 21.9. The Balaban J connectivity index is 1.30. The Hall–Kier alpha value is -4.38. The van der Waals surface area contributed by atoms with E-state index in [-0.39, 0.29) is 12.5 Å². The van der Waals surface area contributed by atoms with Crippen molar-refractivity contribution in [1.29, 1.82) is 0 Å². The number of nitrogens with one attached hydrogen (secondary N) is 1. The Bertz CT molecular complexity index is 1520. The van der Waals surface area contributed by atoms with Crippen LogP contribution in [0.2, 0.25) is 0 Å². The Morgan fingerprint density at radius 1 is 1.14 bits per heavy atom. The molecule has 11 nitrogen and oxygen atoms in total. The van der Waals surface area contributed by atoms with Crippen molar-refractivity contribution in [3.63, 3.8) is 0 Å². The number of carbonyl (C=O) groups is 1. The lowest BCUT2D eigenvalue weighted by Crippen LogP contribution is -2.25. The van der Waals surface area contributed by atoms with Gasteiger partial charge in [-0.05, 0) is 31.0 Å². The fraction of sp³-hybridized carbons (Fsp3) is 0.250. The van der Waals surface area contributed by atoms with Crippen molar-refractivity contribution in [3.05, 3.63) is 65.7 Å². The van der Waals surface area contributed by atoms with Crippen LogP contribution < -0.4 is 10.1 Å². The summed E-state index contributed by atoms with van der Waals surface area (Å²) >= 11 is 0. The monoisotopic (exact) mass is 471 g/mol. The van der Waals surface area contributed by atoms with Crippen molar-refractivity contribution in [2.45, 2.75) is 32.1 Å². The summed E-state index contributed by atoms with van der Waals surface area (Å²) in [4.78, 5) is 16.6. The van der Waals surface area contributed by atoms with E-state index in [9.17, 15) is 4.79 Å². The van der Waals surface area contributed by atoms with E-state index in [1.807, 2.05) is 24.3 Å². The lowest BCUT2D eigenvalue weighted by atomic mass is 10.2. The van der Waals surface area contributed by atoms with Gasteiger partial charge in [0.2, 0.25) is 11.7 Å². The van der Waals surface area contributed by atoms with Gasteiger partial charge in [-0.15, -0.1) is 15.3 Å². The molecule has 1 aromatic carbocycles. The Kier molecular flexibility index (Phi) is 5.30. The SMILES string of the molecule is COCc1cc(-c2nnc3c4ccccc4c(OCc4ccc(C(=O)NC5CC5)cn4)nn23)no1. The second-order valence-electron chi connectivity index (χ2n) is 8.30. The molecule has 4 heterocycles. The van der Waals surface area contributed by atoms with Gasteiger partial charge in [0.1, 0.15) is 13.2 Å². The quantitative estimate of drug-likeness (QED) is 0.363. The molecule has 0 unspecified atom stereocenters. The van der Waals surface area contributed by atoms with Crippen LogP contribution in [0.15, 0.2) is 53.2 Å². The number of ether oxygens (including phenoxy) is 2. The number of methoxy groups -OCH3 is 1. The standard InChI is InChI=1S/C24H21N7O4/c1-33-13-17-10-20(30-35-17)22-28-27-21-18-4-2-3-5-19(18)24(29-31(21)22)34-12-16-7-6-14(11-25-16)23(32)26-15-8-9-15/h2-7,10-11,15H,8-9,12-13H2,1H3,(H,26,32). The molecule has 0 saturated heterocycles. The van der Waals surface area contributed by atoms with Crippen molar-refractivity contribution >= 4 is 22.3 Å². The van der Waals surface area contributed by atoms with Crippen LogP contribution in [0.3, 0.4) is 0 Å². The van der Waals surface area contributed by atoms with Gasteiger partial charge in [0, 0.05) is 36.2 Å². The van der Waals surface area contributed by atoms with Crippen molar-refractivity contribution in [1.82, 2.24) is 35.3 Å². The summed E-state index contributed by atoms with van der Waals surface area (Å²) in [5.41, 5.74) is 2.26. The van der Waals surface area contributed by atoms with Crippen LogP contribution >= 0.6 is 0 Å². The lowest BCUT2D eigenvalue weighted by molar-refractivity contribution is 0.0950. The van der Waals surface area contributed by atoms with E-state index in [4.69, 9.17) is 14.0 Å². The summed E-state index contributed by atoms with van der Waals surface area (Å²) < 4.78 is 18.1. The maximum atomic E-state index is 12.2. The minimum Gasteiger partial charge on any atom is -0.470 e. The zero-order valence-corrected chi connectivity index (χ0v) is 18.8. The molecule has 4 aromatic heterocycles. The van der Waals surface area contributed by atoms with Crippen LogP contribution in [-0.4, -0.2) is 49.0 Å². The van der Waals surface area contributed by atoms with E-state index >= 15 is 0 Å². The highest BCUT2D eigenvalue weighted by molar-refractivity contribution is 5.97. The minimum absolute atomic E-state index is 0.104. The smallest absolute Gasteiger partial charge is 0.253 e.